The van der Waals surface area contributed by atoms with E-state index in [4.69, 9.17) is 11.6 Å². The number of rotatable bonds is 1. The number of nitrogens with zero attached hydrogens (tertiary/aromatic N) is 2. The maximum Gasteiger partial charge on any atom is 0.157 e. The van der Waals surface area contributed by atoms with E-state index >= 15 is 0 Å². The van der Waals surface area contributed by atoms with Gasteiger partial charge in [0.25, 0.3) is 0 Å². The molecule has 0 saturated heterocycles. The smallest absolute Gasteiger partial charge is 0.157 e. The highest BCUT2D eigenvalue weighted by Gasteiger charge is 2.07. The number of nitrogens with one attached hydrogen (secondary N) is 1. The number of imidazole rings is 1. The van der Waals surface area contributed by atoms with Gasteiger partial charge in [-0.15, -0.1) is 0 Å². The fourth-order valence-electron chi connectivity index (χ4n) is 1.91. The topological polar surface area (TPSA) is 41.6 Å². The number of H-pyrrole nitrogens is 1. The van der Waals surface area contributed by atoms with Gasteiger partial charge in [-0.25, -0.2) is 4.98 Å². The van der Waals surface area contributed by atoms with Crippen LogP contribution in [0.5, 0.6) is 0 Å². The highest BCUT2D eigenvalue weighted by atomic mass is 35.5. The van der Waals surface area contributed by atoms with E-state index in [1.165, 1.54) is 11.1 Å². The number of hydrogen-bond donors (Lipinski definition) is 1. The van der Waals surface area contributed by atoms with Crippen LogP contribution < -0.4 is 0 Å². The third-order valence-corrected chi connectivity index (χ3v) is 3.29. The van der Waals surface area contributed by atoms with E-state index in [1.54, 1.807) is 6.20 Å². The molecule has 0 amide bonds. The molecule has 3 aromatic rings. The van der Waals surface area contributed by atoms with Crippen LogP contribution in [0.15, 0.2) is 30.5 Å². The van der Waals surface area contributed by atoms with Crippen LogP contribution in [0.1, 0.15) is 11.1 Å². The second-order valence-corrected chi connectivity index (χ2v) is 4.84. The predicted octanol–water partition coefficient (Wildman–Crippen LogP) is 3.90. The van der Waals surface area contributed by atoms with Gasteiger partial charge in [0.05, 0.1) is 16.1 Å². The van der Waals surface area contributed by atoms with Crippen molar-refractivity contribution in [3.8, 4) is 11.5 Å². The van der Waals surface area contributed by atoms with Gasteiger partial charge >= 0.3 is 0 Å². The van der Waals surface area contributed by atoms with Crippen molar-refractivity contribution in [2.75, 3.05) is 0 Å². The van der Waals surface area contributed by atoms with Crippen LogP contribution in [-0.4, -0.2) is 15.0 Å². The van der Waals surface area contributed by atoms with Gasteiger partial charge in [0, 0.05) is 6.20 Å². The van der Waals surface area contributed by atoms with Crippen LogP contribution in [0.2, 0.25) is 5.02 Å². The van der Waals surface area contributed by atoms with Gasteiger partial charge in [0.15, 0.2) is 5.82 Å². The van der Waals surface area contributed by atoms with Crippen molar-refractivity contribution in [3.63, 3.8) is 0 Å². The molecular weight excluding hydrogens is 246 g/mol. The lowest BCUT2D eigenvalue weighted by atomic mass is 10.1. The summed E-state index contributed by atoms with van der Waals surface area (Å²) in [5, 5.41) is 0.626. The number of aromatic amines is 1. The average Bonchev–Trinajstić information content (AvgIpc) is 2.73. The summed E-state index contributed by atoms with van der Waals surface area (Å²) < 4.78 is 0. The molecule has 0 fully saturated rings. The Morgan fingerprint density at radius 1 is 1.11 bits per heavy atom. The number of fused-ring (bicyclic) bond motifs is 1. The van der Waals surface area contributed by atoms with Gasteiger partial charge in [-0.3, -0.25) is 4.98 Å². The molecule has 0 aliphatic carbocycles. The third kappa shape index (κ3) is 1.87. The summed E-state index contributed by atoms with van der Waals surface area (Å²) >= 11 is 5.83. The lowest BCUT2D eigenvalue weighted by Gasteiger charge is -1.97. The molecule has 0 aliphatic heterocycles. The van der Waals surface area contributed by atoms with E-state index in [0.717, 1.165) is 22.6 Å². The Labute approximate surface area is 110 Å². The molecule has 0 spiro atoms. The second kappa shape index (κ2) is 4.10. The average molecular weight is 258 g/mol. The zero-order chi connectivity index (χ0) is 12.7. The first kappa shape index (κ1) is 11.2. The van der Waals surface area contributed by atoms with Crippen LogP contribution in [-0.2, 0) is 0 Å². The van der Waals surface area contributed by atoms with Crippen LogP contribution in [0.3, 0.4) is 0 Å². The van der Waals surface area contributed by atoms with E-state index in [2.05, 4.69) is 40.9 Å². The monoisotopic (exact) mass is 257 g/mol. The van der Waals surface area contributed by atoms with Gasteiger partial charge in [-0.1, -0.05) is 11.6 Å². The molecule has 90 valence electrons. The van der Waals surface area contributed by atoms with E-state index in [1.807, 2.05) is 12.1 Å². The van der Waals surface area contributed by atoms with E-state index in [0.29, 0.717) is 5.02 Å². The molecule has 1 aromatic carbocycles. The number of hydrogen-bond acceptors (Lipinski definition) is 2. The Bertz CT molecular complexity index is 675. The minimum absolute atomic E-state index is 0.626. The molecule has 2 aromatic heterocycles. The van der Waals surface area contributed by atoms with Crippen molar-refractivity contribution in [3.05, 3.63) is 46.6 Å². The van der Waals surface area contributed by atoms with Crippen molar-refractivity contribution < 1.29 is 0 Å². The molecule has 3 nitrogen and oxygen atoms in total. The minimum atomic E-state index is 0.626. The second-order valence-electron chi connectivity index (χ2n) is 4.40. The number of aromatic nitrogens is 3. The Morgan fingerprint density at radius 2 is 1.89 bits per heavy atom. The number of benzene rings is 1. The minimum Gasteiger partial charge on any atom is -0.337 e. The largest absolute Gasteiger partial charge is 0.337 e. The van der Waals surface area contributed by atoms with Crippen LogP contribution in [0.4, 0.5) is 0 Å². The standard InChI is InChI=1S/C14H12ClN3/c1-8-5-12-13(6-9(8)2)18-14(17-12)11-4-3-10(15)7-16-11/h3-7H,1-2H3,(H,17,18). The fourth-order valence-corrected chi connectivity index (χ4v) is 2.02. The van der Waals surface area contributed by atoms with E-state index < -0.39 is 0 Å². The predicted molar refractivity (Wildman–Crippen MR) is 73.8 cm³/mol. The molecule has 0 unspecified atom stereocenters. The SMILES string of the molecule is Cc1cc2nc(-c3ccc(Cl)cn3)[nH]c2cc1C. The molecule has 0 atom stereocenters. The zero-order valence-electron chi connectivity index (χ0n) is 10.2. The lowest BCUT2D eigenvalue weighted by molar-refractivity contribution is 1.24. The summed E-state index contributed by atoms with van der Waals surface area (Å²) in [4.78, 5) is 12.1. The Kier molecular flexibility index (Phi) is 2.56. The van der Waals surface area contributed by atoms with Crippen molar-refractivity contribution in [1.82, 2.24) is 15.0 Å². The molecule has 0 bridgehead atoms. The molecule has 2 heterocycles. The summed E-state index contributed by atoms with van der Waals surface area (Å²) in [5.74, 6) is 0.770. The van der Waals surface area contributed by atoms with Crippen LogP contribution in [0, 0.1) is 13.8 Å². The third-order valence-electron chi connectivity index (χ3n) is 3.07. The number of halogens is 1. The van der Waals surface area contributed by atoms with E-state index in [9.17, 15) is 0 Å². The molecule has 0 radical (unpaired) electrons. The summed E-state index contributed by atoms with van der Waals surface area (Å²) in [7, 11) is 0. The first-order valence-electron chi connectivity index (χ1n) is 5.72. The van der Waals surface area contributed by atoms with Gasteiger partial charge in [-0.2, -0.15) is 0 Å². The number of aryl methyl sites for hydroxylation is 2. The molecule has 1 N–H and O–H groups in total. The van der Waals surface area contributed by atoms with Crippen molar-refractivity contribution in [1.29, 1.82) is 0 Å². The highest BCUT2D eigenvalue weighted by Crippen LogP contribution is 2.22. The van der Waals surface area contributed by atoms with Crippen LogP contribution >= 0.6 is 11.6 Å². The molecule has 4 heteroatoms. The van der Waals surface area contributed by atoms with Gasteiger partial charge in [0.1, 0.15) is 5.69 Å². The highest BCUT2D eigenvalue weighted by molar-refractivity contribution is 6.30. The Hall–Kier alpha value is -1.87. The Balaban J connectivity index is 2.16. The van der Waals surface area contributed by atoms with Gasteiger partial charge in [0.2, 0.25) is 0 Å². The molecular formula is C14H12ClN3. The van der Waals surface area contributed by atoms with Crippen LogP contribution in [0.25, 0.3) is 22.6 Å². The first-order chi connectivity index (χ1) is 8.63. The molecule has 0 aliphatic rings. The Morgan fingerprint density at radius 3 is 2.61 bits per heavy atom. The molecule has 0 saturated carbocycles. The molecule has 3 rings (SSSR count). The molecule has 18 heavy (non-hydrogen) atoms. The normalized spacial score (nSPS) is 11.1. The van der Waals surface area contributed by atoms with Crippen molar-refractivity contribution in [2.45, 2.75) is 13.8 Å². The van der Waals surface area contributed by atoms with Gasteiger partial charge < -0.3 is 4.98 Å². The summed E-state index contributed by atoms with van der Waals surface area (Å²) in [6.07, 6.45) is 1.63. The van der Waals surface area contributed by atoms with Crippen molar-refractivity contribution in [2.24, 2.45) is 0 Å². The number of pyridine rings is 1. The fraction of sp³-hybridized carbons (Fsp3) is 0.143. The summed E-state index contributed by atoms with van der Waals surface area (Å²) in [6.45, 7) is 4.18. The summed E-state index contributed by atoms with van der Waals surface area (Å²) in [6, 6.07) is 7.87. The maximum absolute atomic E-state index is 5.83. The maximum atomic E-state index is 5.83. The lowest BCUT2D eigenvalue weighted by Crippen LogP contribution is -1.84. The quantitative estimate of drug-likeness (QED) is 0.718. The summed E-state index contributed by atoms with van der Waals surface area (Å²) in [5.41, 5.74) is 5.28. The van der Waals surface area contributed by atoms with Gasteiger partial charge in [-0.05, 0) is 49.2 Å². The van der Waals surface area contributed by atoms with Crippen molar-refractivity contribution >= 4 is 22.6 Å². The first-order valence-corrected chi connectivity index (χ1v) is 6.10. The van der Waals surface area contributed by atoms with E-state index in [-0.39, 0.29) is 0 Å². The zero-order valence-corrected chi connectivity index (χ0v) is 10.9.